The number of hydrogen-bond donors (Lipinski definition) is 4. The Kier molecular flexibility index (Phi) is 11.0. The number of amides is 3. The predicted octanol–water partition coefficient (Wildman–Crippen LogP) is 7.27. The molecule has 44 heavy (non-hydrogen) atoms. The van der Waals surface area contributed by atoms with E-state index < -0.39 is 23.0 Å². The fraction of sp³-hybridized carbons (Fsp3) is 0.118. The van der Waals surface area contributed by atoms with E-state index in [9.17, 15) is 24.3 Å². The maximum absolute atomic E-state index is 13.5. The first-order valence-electron chi connectivity index (χ1n) is 13.7. The summed E-state index contributed by atoms with van der Waals surface area (Å²) in [7, 11) is 0. The highest BCUT2D eigenvalue weighted by molar-refractivity contribution is 8.00. The van der Waals surface area contributed by atoms with Crippen molar-refractivity contribution in [2.75, 3.05) is 10.6 Å². The number of thioether (sulfide) groups is 1. The van der Waals surface area contributed by atoms with Crippen LogP contribution in [-0.4, -0.2) is 34.0 Å². The molecule has 0 bridgehead atoms. The number of hydrogen-bond acceptors (Lipinski definition) is 5. The number of carbonyl (C=O) groups excluding carboxylic acids is 3. The van der Waals surface area contributed by atoms with Crippen LogP contribution in [-0.2, 0) is 9.59 Å². The number of carboxylic acid groups (broad SMARTS) is 1. The van der Waals surface area contributed by atoms with Gasteiger partial charge in [-0.05, 0) is 73.5 Å². The molecular formula is C34H30ClN3O5S. The molecule has 0 saturated heterocycles. The van der Waals surface area contributed by atoms with Gasteiger partial charge in [0, 0.05) is 16.1 Å². The van der Waals surface area contributed by atoms with Crippen molar-refractivity contribution < 1.29 is 24.3 Å². The molecule has 0 spiro atoms. The second kappa shape index (κ2) is 15.0. The van der Waals surface area contributed by atoms with Gasteiger partial charge in [-0.25, -0.2) is 4.79 Å². The number of halogens is 1. The lowest BCUT2D eigenvalue weighted by Gasteiger charge is -2.17. The molecule has 4 aromatic carbocycles. The largest absolute Gasteiger partial charge is 0.478 e. The maximum Gasteiger partial charge on any atom is 0.335 e. The van der Waals surface area contributed by atoms with E-state index >= 15 is 0 Å². The van der Waals surface area contributed by atoms with E-state index in [0.29, 0.717) is 22.6 Å². The number of aromatic carboxylic acids is 1. The second-order valence-corrected chi connectivity index (χ2v) is 11.5. The summed E-state index contributed by atoms with van der Waals surface area (Å²) in [6.45, 7) is 3.80. The molecule has 3 amide bonds. The van der Waals surface area contributed by atoms with Gasteiger partial charge in [0.25, 0.3) is 11.8 Å². The molecular weight excluding hydrogens is 598 g/mol. The molecule has 1 atom stereocenters. The Bertz CT molecular complexity index is 1730. The lowest BCUT2D eigenvalue weighted by atomic mass is 10.1. The molecule has 0 aliphatic heterocycles. The Balaban J connectivity index is 1.50. The van der Waals surface area contributed by atoms with Crippen molar-refractivity contribution in [3.63, 3.8) is 0 Å². The average molecular weight is 628 g/mol. The Hall–Kier alpha value is -4.86. The number of nitrogens with one attached hydrogen (secondary N) is 3. The van der Waals surface area contributed by atoms with Crippen LogP contribution in [0.1, 0.15) is 45.2 Å². The highest BCUT2D eigenvalue weighted by Gasteiger charge is 2.21. The number of anilines is 2. The van der Waals surface area contributed by atoms with E-state index in [4.69, 9.17) is 11.6 Å². The van der Waals surface area contributed by atoms with Gasteiger partial charge >= 0.3 is 5.97 Å². The number of aryl methyl sites for hydroxylation is 1. The summed E-state index contributed by atoms with van der Waals surface area (Å²) in [6, 6.07) is 27.3. The van der Waals surface area contributed by atoms with Crippen molar-refractivity contribution in [2.24, 2.45) is 0 Å². The predicted molar refractivity (Wildman–Crippen MR) is 175 cm³/mol. The number of benzene rings is 4. The standard InChI is InChI=1S/C34H30ClN3O5S/c1-3-30(33(41)37-28-19-24(34(42)43)15-16-27(28)35)44-26-14-8-13-25(20-26)36-32(40)29(18-22-10-7-9-21(2)17-22)38-31(39)23-11-5-4-6-12-23/h4-20,30H,3H2,1-2H3,(H,36,40)(H,37,41)(H,38,39)(H,42,43)/b29-18+. The van der Waals surface area contributed by atoms with Gasteiger partial charge in [0.2, 0.25) is 5.91 Å². The molecule has 10 heteroatoms. The number of carbonyl (C=O) groups is 4. The maximum atomic E-state index is 13.5. The van der Waals surface area contributed by atoms with E-state index in [1.807, 2.05) is 44.2 Å². The van der Waals surface area contributed by atoms with Crippen molar-refractivity contribution in [1.82, 2.24) is 5.32 Å². The molecule has 0 aliphatic rings. The Morgan fingerprint density at radius 2 is 1.61 bits per heavy atom. The van der Waals surface area contributed by atoms with E-state index in [0.717, 1.165) is 11.1 Å². The van der Waals surface area contributed by atoms with Crippen molar-refractivity contribution >= 4 is 64.5 Å². The van der Waals surface area contributed by atoms with E-state index in [2.05, 4.69) is 16.0 Å². The summed E-state index contributed by atoms with van der Waals surface area (Å²) in [5.74, 6) is -2.41. The van der Waals surface area contributed by atoms with Gasteiger partial charge in [-0.2, -0.15) is 0 Å². The lowest BCUT2D eigenvalue weighted by Crippen LogP contribution is -2.30. The topological polar surface area (TPSA) is 125 Å². The minimum Gasteiger partial charge on any atom is -0.478 e. The monoisotopic (exact) mass is 627 g/mol. The Labute approximate surface area is 264 Å². The average Bonchev–Trinajstić information content (AvgIpc) is 3.01. The van der Waals surface area contributed by atoms with Crippen molar-refractivity contribution in [2.45, 2.75) is 30.4 Å². The SMILES string of the molecule is CCC(Sc1cccc(NC(=O)/C(=C\c2cccc(C)c2)NC(=O)c2ccccc2)c1)C(=O)Nc1cc(C(=O)O)ccc1Cl. The molecule has 0 saturated carbocycles. The Morgan fingerprint density at radius 3 is 2.32 bits per heavy atom. The van der Waals surface area contributed by atoms with Crippen molar-refractivity contribution in [3.05, 3.63) is 130 Å². The van der Waals surface area contributed by atoms with Crippen LogP contribution in [0.2, 0.25) is 5.02 Å². The van der Waals surface area contributed by atoms with Gasteiger partial charge in [-0.3, -0.25) is 14.4 Å². The highest BCUT2D eigenvalue weighted by atomic mass is 35.5. The molecule has 0 heterocycles. The molecule has 4 aromatic rings. The third kappa shape index (κ3) is 8.82. The van der Waals surface area contributed by atoms with Crippen LogP contribution < -0.4 is 16.0 Å². The molecule has 1 unspecified atom stereocenters. The van der Waals surface area contributed by atoms with Crippen LogP contribution in [0.5, 0.6) is 0 Å². The highest BCUT2D eigenvalue weighted by Crippen LogP contribution is 2.30. The van der Waals surface area contributed by atoms with Gasteiger partial charge < -0.3 is 21.1 Å². The van der Waals surface area contributed by atoms with Crippen LogP contribution >= 0.6 is 23.4 Å². The first-order chi connectivity index (χ1) is 21.1. The van der Waals surface area contributed by atoms with Gasteiger partial charge in [0.05, 0.1) is 21.5 Å². The van der Waals surface area contributed by atoms with Gasteiger partial charge in [-0.15, -0.1) is 11.8 Å². The van der Waals surface area contributed by atoms with Crippen LogP contribution in [0.15, 0.2) is 108 Å². The fourth-order valence-corrected chi connectivity index (χ4v) is 5.35. The quantitative estimate of drug-likeness (QED) is 0.102. The van der Waals surface area contributed by atoms with E-state index in [-0.39, 0.29) is 27.9 Å². The second-order valence-electron chi connectivity index (χ2n) is 9.78. The van der Waals surface area contributed by atoms with Gasteiger partial charge in [-0.1, -0.05) is 72.6 Å². The number of carboxylic acids is 1. The summed E-state index contributed by atoms with van der Waals surface area (Å²) in [5.41, 5.74) is 2.91. The summed E-state index contributed by atoms with van der Waals surface area (Å²) < 4.78 is 0. The zero-order valence-electron chi connectivity index (χ0n) is 24.0. The summed E-state index contributed by atoms with van der Waals surface area (Å²) in [6.07, 6.45) is 2.09. The zero-order valence-corrected chi connectivity index (χ0v) is 25.5. The number of rotatable bonds is 11. The molecule has 4 rings (SSSR count). The van der Waals surface area contributed by atoms with Crippen molar-refractivity contribution in [1.29, 1.82) is 0 Å². The third-order valence-electron chi connectivity index (χ3n) is 6.39. The molecule has 0 aliphatic carbocycles. The Morgan fingerprint density at radius 1 is 0.864 bits per heavy atom. The molecule has 224 valence electrons. The third-order valence-corrected chi connectivity index (χ3v) is 8.07. The van der Waals surface area contributed by atoms with E-state index in [1.54, 1.807) is 54.6 Å². The smallest absolute Gasteiger partial charge is 0.335 e. The molecule has 0 fully saturated rings. The summed E-state index contributed by atoms with van der Waals surface area (Å²) >= 11 is 7.47. The van der Waals surface area contributed by atoms with Gasteiger partial charge in [0.15, 0.2) is 0 Å². The minimum atomic E-state index is -1.13. The summed E-state index contributed by atoms with van der Waals surface area (Å²) in [5, 5.41) is 17.3. The van der Waals surface area contributed by atoms with Crippen LogP contribution in [0.3, 0.4) is 0 Å². The lowest BCUT2D eigenvalue weighted by molar-refractivity contribution is -0.116. The van der Waals surface area contributed by atoms with Crippen LogP contribution in [0, 0.1) is 6.92 Å². The molecule has 0 aromatic heterocycles. The fourth-order valence-electron chi connectivity index (χ4n) is 4.17. The summed E-state index contributed by atoms with van der Waals surface area (Å²) in [4.78, 5) is 51.5. The molecule has 8 nitrogen and oxygen atoms in total. The van der Waals surface area contributed by atoms with Crippen molar-refractivity contribution in [3.8, 4) is 0 Å². The van der Waals surface area contributed by atoms with Crippen LogP contribution in [0.4, 0.5) is 11.4 Å². The molecule has 0 radical (unpaired) electrons. The minimum absolute atomic E-state index is 0.00428. The first kappa shape index (κ1) is 32.1. The normalized spacial score (nSPS) is 11.8. The van der Waals surface area contributed by atoms with Gasteiger partial charge in [0.1, 0.15) is 5.70 Å². The molecule has 4 N–H and O–H groups in total. The zero-order chi connectivity index (χ0) is 31.6. The first-order valence-corrected chi connectivity index (χ1v) is 14.9. The van der Waals surface area contributed by atoms with Crippen LogP contribution in [0.25, 0.3) is 6.08 Å². The van der Waals surface area contributed by atoms with E-state index in [1.165, 1.54) is 30.0 Å².